The first kappa shape index (κ1) is 23.7. The highest BCUT2D eigenvalue weighted by Crippen LogP contribution is 2.31. The van der Waals surface area contributed by atoms with Crippen molar-refractivity contribution in [2.45, 2.75) is 34.1 Å². The lowest BCUT2D eigenvalue weighted by atomic mass is 10.1. The van der Waals surface area contributed by atoms with Gasteiger partial charge in [-0.05, 0) is 31.0 Å². The summed E-state index contributed by atoms with van der Waals surface area (Å²) >= 11 is 0. The monoisotopic (exact) mass is 432 g/mol. The van der Waals surface area contributed by atoms with Crippen LogP contribution in [0.5, 0.6) is 11.6 Å². The molecule has 9 nitrogen and oxygen atoms in total. The quantitative estimate of drug-likeness (QED) is 0.448. The van der Waals surface area contributed by atoms with Gasteiger partial charge in [0.25, 0.3) is 5.91 Å². The molecule has 2 heterocycles. The summed E-state index contributed by atoms with van der Waals surface area (Å²) in [6.45, 7) is 7.79. The first-order valence-corrected chi connectivity index (χ1v) is 9.83. The lowest BCUT2D eigenvalue weighted by Gasteiger charge is -2.10. The average Bonchev–Trinajstić information content (AvgIpc) is 3.17. The van der Waals surface area contributed by atoms with E-state index in [2.05, 4.69) is 20.4 Å². The minimum atomic E-state index is -0.881. The highest BCUT2D eigenvalue weighted by molar-refractivity contribution is 5.95. The van der Waals surface area contributed by atoms with E-state index in [1.165, 1.54) is 42.3 Å². The first-order chi connectivity index (χ1) is 15.0. The average molecular weight is 432 g/mol. The Hall–Kier alpha value is -3.53. The summed E-state index contributed by atoms with van der Waals surface area (Å²) in [5.74, 6) is -2.31. The lowest BCUT2D eigenvalue weighted by molar-refractivity contribution is 0.0521. The minimum Gasteiger partial charge on any atom is -0.462 e. The number of carbonyl (C=O) groups is 2. The number of amides is 1. The molecule has 166 valence electrons. The van der Waals surface area contributed by atoms with Gasteiger partial charge in [-0.3, -0.25) is 9.63 Å². The van der Waals surface area contributed by atoms with E-state index in [0.717, 1.165) is 0 Å². The van der Waals surface area contributed by atoms with Gasteiger partial charge in [0.1, 0.15) is 11.8 Å². The molecule has 0 aliphatic heterocycles. The van der Waals surface area contributed by atoms with Crippen LogP contribution in [0.4, 0.5) is 4.39 Å². The molecule has 0 spiro atoms. The number of hydrogen-bond acceptors (Lipinski definition) is 7. The number of carbonyl (C=O) groups excluding carboxylic acids is 2. The molecule has 1 N–H and O–H groups in total. The Labute approximate surface area is 179 Å². The molecule has 0 aliphatic carbocycles. The maximum Gasteiger partial charge on any atom is 0.340 e. The summed E-state index contributed by atoms with van der Waals surface area (Å²) in [5.41, 5.74) is 3.14. The second-order valence-electron chi connectivity index (χ2n) is 5.81. The molecule has 0 aliphatic rings. The molecule has 0 unspecified atom stereocenters. The van der Waals surface area contributed by atoms with E-state index in [-0.39, 0.29) is 23.8 Å². The van der Waals surface area contributed by atoms with Gasteiger partial charge in [0.2, 0.25) is 5.88 Å². The van der Waals surface area contributed by atoms with Gasteiger partial charge in [0.15, 0.2) is 11.6 Å². The van der Waals surface area contributed by atoms with Crippen LogP contribution in [-0.2, 0) is 16.0 Å². The normalized spacial score (nSPS) is 10.3. The van der Waals surface area contributed by atoms with E-state index in [1.54, 1.807) is 6.92 Å². The molecule has 10 heteroatoms. The Bertz CT molecular complexity index is 1070. The topological polar surface area (TPSA) is 104 Å². The highest BCUT2D eigenvalue weighted by Gasteiger charge is 2.23. The number of hydroxylamine groups is 1. The number of nitrogens with one attached hydrogen (secondary N) is 1. The van der Waals surface area contributed by atoms with Gasteiger partial charge in [-0.15, -0.1) is 0 Å². The smallest absolute Gasteiger partial charge is 0.340 e. The van der Waals surface area contributed by atoms with Crippen LogP contribution in [0.1, 0.15) is 54.0 Å². The number of halogens is 1. The van der Waals surface area contributed by atoms with Crippen molar-refractivity contribution in [2.75, 3.05) is 13.7 Å². The number of rotatable bonds is 7. The predicted octanol–water partition coefficient (Wildman–Crippen LogP) is 3.72. The Morgan fingerprint density at radius 1 is 1.19 bits per heavy atom. The van der Waals surface area contributed by atoms with Gasteiger partial charge < -0.3 is 9.47 Å². The number of aryl methyl sites for hydroxylation is 1. The van der Waals surface area contributed by atoms with Crippen molar-refractivity contribution in [1.29, 1.82) is 0 Å². The maximum absolute atomic E-state index is 14.8. The van der Waals surface area contributed by atoms with Gasteiger partial charge in [-0.25, -0.2) is 19.2 Å². The molecule has 1 amide bonds. The highest BCUT2D eigenvalue weighted by atomic mass is 19.1. The van der Waals surface area contributed by atoms with Crippen molar-refractivity contribution in [3.63, 3.8) is 0 Å². The van der Waals surface area contributed by atoms with Crippen LogP contribution in [0.25, 0.3) is 5.52 Å². The Morgan fingerprint density at radius 2 is 1.94 bits per heavy atom. The Morgan fingerprint density at radius 3 is 2.58 bits per heavy atom. The standard InChI is InChI=1S/C19H19FN4O5.C2H6/c1-4-11-13(19(26)28-5-2)9-24-16(11)18(21-10-22-24)29-14-8-6-7-12(15(14)20)17(25)23-27-3;1-2/h6-10H,4-5H2,1-3H3,(H,23,25);1-2H3. The molecule has 3 rings (SSSR count). The van der Waals surface area contributed by atoms with Crippen LogP contribution in [0.15, 0.2) is 30.7 Å². The van der Waals surface area contributed by atoms with Gasteiger partial charge in [-0.1, -0.05) is 26.8 Å². The van der Waals surface area contributed by atoms with Crippen molar-refractivity contribution in [1.82, 2.24) is 20.1 Å². The predicted molar refractivity (Wildman–Crippen MR) is 111 cm³/mol. The molecule has 0 atom stereocenters. The van der Waals surface area contributed by atoms with Crippen LogP contribution in [0.2, 0.25) is 0 Å². The van der Waals surface area contributed by atoms with Crippen LogP contribution < -0.4 is 10.2 Å². The SMILES string of the molecule is CC.CCOC(=O)c1cn2ncnc(Oc3cccc(C(=O)NOC)c3F)c2c1CC. The molecule has 2 aromatic heterocycles. The Balaban J connectivity index is 0.00000166. The van der Waals surface area contributed by atoms with Gasteiger partial charge >= 0.3 is 5.97 Å². The third-order valence-electron chi connectivity index (χ3n) is 4.10. The molecular weight excluding hydrogens is 407 g/mol. The number of benzene rings is 1. The summed E-state index contributed by atoms with van der Waals surface area (Å²) in [7, 11) is 1.24. The third kappa shape index (κ3) is 4.97. The molecule has 1 aromatic carbocycles. The number of nitrogens with zero attached hydrogens (tertiary/aromatic N) is 3. The third-order valence-corrected chi connectivity index (χ3v) is 4.10. The zero-order chi connectivity index (χ0) is 23.0. The number of ether oxygens (including phenoxy) is 2. The van der Waals surface area contributed by atoms with Crippen molar-refractivity contribution in [3.8, 4) is 11.6 Å². The minimum absolute atomic E-state index is 0.0376. The maximum atomic E-state index is 14.8. The zero-order valence-corrected chi connectivity index (χ0v) is 18.1. The zero-order valence-electron chi connectivity index (χ0n) is 18.1. The summed E-state index contributed by atoms with van der Waals surface area (Å²) in [6.07, 6.45) is 3.20. The second-order valence-corrected chi connectivity index (χ2v) is 5.81. The molecule has 0 saturated heterocycles. The van der Waals surface area contributed by atoms with Crippen molar-refractivity contribution in [3.05, 3.63) is 53.2 Å². The molecule has 0 fully saturated rings. The summed E-state index contributed by atoms with van der Waals surface area (Å²) in [5, 5.41) is 4.09. The van der Waals surface area contributed by atoms with Crippen LogP contribution in [0.3, 0.4) is 0 Å². The van der Waals surface area contributed by atoms with E-state index in [0.29, 0.717) is 23.1 Å². The van der Waals surface area contributed by atoms with Crippen molar-refractivity contribution >= 4 is 17.4 Å². The summed E-state index contributed by atoms with van der Waals surface area (Å²) in [6, 6.07) is 4.11. The second kappa shape index (κ2) is 11.0. The fourth-order valence-corrected chi connectivity index (χ4v) is 2.88. The first-order valence-electron chi connectivity index (χ1n) is 9.83. The molecule has 31 heavy (non-hydrogen) atoms. The summed E-state index contributed by atoms with van der Waals surface area (Å²) < 4.78 is 27.0. The van der Waals surface area contributed by atoms with E-state index in [9.17, 15) is 14.0 Å². The van der Waals surface area contributed by atoms with E-state index in [4.69, 9.17) is 9.47 Å². The largest absolute Gasteiger partial charge is 0.462 e. The molecule has 0 bridgehead atoms. The molecule has 0 saturated carbocycles. The van der Waals surface area contributed by atoms with Gasteiger partial charge in [0.05, 0.1) is 24.8 Å². The number of esters is 1. The van der Waals surface area contributed by atoms with Crippen LogP contribution in [0, 0.1) is 5.82 Å². The fraction of sp³-hybridized carbons (Fsp3) is 0.333. The number of aromatic nitrogens is 3. The number of hydrogen-bond donors (Lipinski definition) is 1. The number of fused-ring (bicyclic) bond motifs is 1. The summed E-state index contributed by atoms with van der Waals surface area (Å²) in [4.78, 5) is 32.8. The molecular formula is C21H25FN4O5. The molecule has 3 aromatic rings. The van der Waals surface area contributed by atoms with Gasteiger partial charge in [-0.2, -0.15) is 10.1 Å². The van der Waals surface area contributed by atoms with E-state index >= 15 is 0 Å². The van der Waals surface area contributed by atoms with E-state index < -0.39 is 17.7 Å². The molecule has 0 radical (unpaired) electrons. The van der Waals surface area contributed by atoms with Crippen molar-refractivity contribution < 1.29 is 28.3 Å². The van der Waals surface area contributed by atoms with Crippen LogP contribution in [-0.4, -0.2) is 40.2 Å². The van der Waals surface area contributed by atoms with Crippen molar-refractivity contribution in [2.24, 2.45) is 0 Å². The van der Waals surface area contributed by atoms with E-state index in [1.807, 2.05) is 20.8 Å². The fourth-order valence-electron chi connectivity index (χ4n) is 2.88. The lowest BCUT2D eigenvalue weighted by Crippen LogP contribution is -2.23. The van der Waals surface area contributed by atoms with Crippen LogP contribution >= 0.6 is 0 Å². The Kier molecular flexibility index (Phi) is 8.44. The van der Waals surface area contributed by atoms with Gasteiger partial charge in [0, 0.05) is 6.20 Å².